The SMILES string of the molecule is CCCCc1nc(C)c(N)n1Cc1ccc(-c2ccccc2-c2nn[nH]n2)cc1. The normalized spacial score (nSPS) is 11.1. The van der Waals surface area contributed by atoms with Gasteiger partial charge in [0.25, 0.3) is 0 Å². The number of rotatable bonds is 7. The summed E-state index contributed by atoms with van der Waals surface area (Å²) in [5.74, 6) is 2.41. The van der Waals surface area contributed by atoms with Crippen molar-refractivity contribution in [1.29, 1.82) is 0 Å². The second-order valence-electron chi connectivity index (χ2n) is 7.17. The highest BCUT2D eigenvalue weighted by molar-refractivity contribution is 5.80. The van der Waals surface area contributed by atoms with Gasteiger partial charge in [-0.25, -0.2) is 4.98 Å². The van der Waals surface area contributed by atoms with Crippen molar-refractivity contribution in [3.8, 4) is 22.5 Å². The number of benzene rings is 2. The quantitative estimate of drug-likeness (QED) is 0.499. The van der Waals surface area contributed by atoms with Gasteiger partial charge in [0.1, 0.15) is 11.6 Å². The van der Waals surface area contributed by atoms with Gasteiger partial charge in [-0.1, -0.05) is 61.9 Å². The van der Waals surface area contributed by atoms with Crippen LogP contribution in [0.25, 0.3) is 22.5 Å². The second-order valence-corrected chi connectivity index (χ2v) is 7.17. The van der Waals surface area contributed by atoms with Crippen molar-refractivity contribution in [2.45, 2.75) is 39.7 Å². The van der Waals surface area contributed by atoms with E-state index in [0.717, 1.165) is 59.8 Å². The Morgan fingerprint density at radius 1 is 1.03 bits per heavy atom. The molecule has 0 aliphatic carbocycles. The fourth-order valence-electron chi connectivity index (χ4n) is 3.53. The zero-order valence-electron chi connectivity index (χ0n) is 16.8. The molecule has 0 saturated carbocycles. The van der Waals surface area contributed by atoms with Crippen LogP contribution in [0.3, 0.4) is 0 Å². The third-order valence-corrected chi connectivity index (χ3v) is 5.14. The maximum Gasteiger partial charge on any atom is 0.205 e. The third kappa shape index (κ3) is 3.89. The van der Waals surface area contributed by atoms with Crippen LogP contribution in [0.1, 0.15) is 36.8 Å². The molecule has 0 radical (unpaired) electrons. The number of nitrogen functional groups attached to an aromatic ring is 1. The van der Waals surface area contributed by atoms with E-state index < -0.39 is 0 Å². The van der Waals surface area contributed by atoms with Crippen molar-refractivity contribution in [1.82, 2.24) is 30.2 Å². The van der Waals surface area contributed by atoms with Crippen LogP contribution >= 0.6 is 0 Å². The lowest BCUT2D eigenvalue weighted by Gasteiger charge is -2.11. The Balaban J connectivity index is 1.61. The number of aromatic nitrogens is 6. The smallest absolute Gasteiger partial charge is 0.205 e. The van der Waals surface area contributed by atoms with Crippen molar-refractivity contribution < 1.29 is 0 Å². The summed E-state index contributed by atoms with van der Waals surface area (Å²) in [6.45, 7) is 4.88. The molecule has 0 saturated heterocycles. The number of anilines is 1. The molecule has 2 aromatic carbocycles. The van der Waals surface area contributed by atoms with Crippen molar-refractivity contribution in [3.05, 3.63) is 65.6 Å². The molecule has 0 atom stereocenters. The first-order valence-electron chi connectivity index (χ1n) is 9.91. The standard InChI is InChI=1S/C22H25N7/c1-3-4-9-20-24-15(2)21(23)29(20)14-16-10-12-17(13-11-16)18-7-5-6-8-19(18)22-25-27-28-26-22/h5-8,10-13H,3-4,9,14,23H2,1-2H3,(H,25,26,27,28). The topological polar surface area (TPSA) is 98.3 Å². The number of imidazole rings is 1. The van der Waals surface area contributed by atoms with Crippen LogP contribution in [0.2, 0.25) is 0 Å². The third-order valence-electron chi connectivity index (χ3n) is 5.14. The van der Waals surface area contributed by atoms with Crippen LogP contribution in [0.15, 0.2) is 48.5 Å². The van der Waals surface area contributed by atoms with Crippen LogP contribution in [-0.2, 0) is 13.0 Å². The van der Waals surface area contributed by atoms with E-state index in [1.54, 1.807) is 0 Å². The maximum absolute atomic E-state index is 6.30. The van der Waals surface area contributed by atoms with E-state index in [1.807, 2.05) is 25.1 Å². The van der Waals surface area contributed by atoms with Gasteiger partial charge in [-0.3, -0.25) is 0 Å². The minimum atomic E-state index is 0.590. The van der Waals surface area contributed by atoms with Gasteiger partial charge < -0.3 is 10.3 Å². The summed E-state index contributed by atoms with van der Waals surface area (Å²) in [5, 5.41) is 14.4. The molecule has 29 heavy (non-hydrogen) atoms. The van der Waals surface area contributed by atoms with E-state index in [4.69, 9.17) is 5.73 Å². The summed E-state index contributed by atoms with van der Waals surface area (Å²) in [5.41, 5.74) is 11.5. The van der Waals surface area contributed by atoms with E-state index in [-0.39, 0.29) is 0 Å². The Bertz CT molecular complexity index is 1080. The van der Waals surface area contributed by atoms with Crippen LogP contribution in [-0.4, -0.2) is 30.2 Å². The number of nitrogens with two attached hydrogens (primary N) is 1. The molecular formula is C22H25N7. The van der Waals surface area contributed by atoms with Crippen LogP contribution < -0.4 is 5.73 Å². The van der Waals surface area contributed by atoms with Crippen LogP contribution in [0, 0.1) is 6.92 Å². The van der Waals surface area contributed by atoms with E-state index >= 15 is 0 Å². The first-order valence-corrected chi connectivity index (χ1v) is 9.91. The van der Waals surface area contributed by atoms with Gasteiger partial charge in [0, 0.05) is 12.0 Å². The molecule has 0 amide bonds. The Hall–Kier alpha value is -3.48. The average Bonchev–Trinajstić information content (AvgIpc) is 3.37. The number of unbranched alkanes of at least 4 members (excludes halogenated alkanes) is 1. The highest BCUT2D eigenvalue weighted by atomic mass is 15.5. The number of hydrogen-bond acceptors (Lipinski definition) is 5. The van der Waals surface area contributed by atoms with E-state index in [2.05, 4.69) is 67.4 Å². The van der Waals surface area contributed by atoms with E-state index in [0.29, 0.717) is 5.82 Å². The number of tetrazole rings is 1. The summed E-state index contributed by atoms with van der Waals surface area (Å²) in [7, 11) is 0. The van der Waals surface area contributed by atoms with Crippen molar-refractivity contribution in [3.63, 3.8) is 0 Å². The first kappa shape index (κ1) is 18.9. The van der Waals surface area contributed by atoms with Gasteiger partial charge in [-0.05, 0) is 35.2 Å². The molecule has 148 valence electrons. The zero-order chi connectivity index (χ0) is 20.2. The predicted molar refractivity (Wildman–Crippen MR) is 114 cm³/mol. The maximum atomic E-state index is 6.30. The van der Waals surface area contributed by atoms with Gasteiger partial charge in [0.15, 0.2) is 0 Å². The summed E-state index contributed by atoms with van der Waals surface area (Å²) in [6.07, 6.45) is 3.20. The fourth-order valence-corrected chi connectivity index (χ4v) is 3.53. The molecule has 0 fully saturated rings. The summed E-state index contributed by atoms with van der Waals surface area (Å²) < 4.78 is 2.13. The van der Waals surface area contributed by atoms with E-state index in [1.165, 1.54) is 5.56 Å². The molecule has 4 rings (SSSR count). The minimum absolute atomic E-state index is 0.590. The molecule has 2 aromatic heterocycles. The summed E-state index contributed by atoms with van der Waals surface area (Å²) >= 11 is 0. The number of nitrogens with zero attached hydrogens (tertiary/aromatic N) is 5. The van der Waals surface area contributed by atoms with Gasteiger partial charge >= 0.3 is 0 Å². The Labute approximate surface area is 170 Å². The zero-order valence-corrected chi connectivity index (χ0v) is 16.8. The second kappa shape index (κ2) is 8.26. The monoisotopic (exact) mass is 387 g/mol. The molecule has 0 aliphatic heterocycles. The predicted octanol–water partition coefficient (Wildman–Crippen LogP) is 4.01. The number of aryl methyl sites for hydroxylation is 2. The van der Waals surface area contributed by atoms with Gasteiger partial charge in [-0.15, -0.1) is 10.2 Å². The molecule has 2 heterocycles. The molecule has 4 aromatic rings. The molecule has 3 N–H and O–H groups in total. The molecule has 0 aliphatic rings. The lowest BCUT2D eigenvalue weighted by Crippen LogP contribution is -2.08. The number of aromatic amines is 1. The summed E-state index contributed by atoms with van der Waals surface area (Å²) in [6, 6.07) is 16.6. The molecule has 0 spiro atoms. The Morgan fingerprint density at radius 2 is 1.79 bits per heavy atom. The van der Waals surface area contributed by atoms with Crippen LogP contribution in [0.5, 0.6) is 0 Å². The van der Waals surface area contributed by atoms with Crippen molar-refractivity contribution in [2.75, 3.05) is 5.73 Å². The molecule has 7 heteroatoms. The molecule has 7 nitrogen and oxygen atoms in total. The lowest BCUT2D eigenvalue weighted by molar-refractivity contribution is 0.683. The average molecular weight is 387 g/mol. The Kier molecular flexibility index (Phi) is 5.37. The van der Waals surface area contributed by atoms with Crippen LogP contribution in [0.4, 0.5) is 5.82 Å². The number of nitrogens with one attached hydrogen (secondary N) is 1. The van der Waals surface area contributed by atoms with Crippen molar-refractivity contribution in [2.24, 2.45) is 0 Å². The van der Waals surface area contributed by atoms with Crippen molar-refractivity contribution >= 4 is 5.82 Å². The molecule has 0 unspecified atom stereocenters. The van der Waals surface area contributed by atoms with Gasteiger partial charge in [-0.2, -0.15) is 5.21 Å². The first-order chi connectivity index (χ1) is 14.2. The molecule has 0 bridgehead atoms. The highest BCUT2D eigenvalue weighted by Gasteiger charge is 2.13. The number of H-pyrrole nitrogens is 1. The largest absolute Gasteiger partial charge is 0.384 e. The fraction of sp³-hybridized carbons (Fsp3) is 0.273. The lowest BCUT2D eigenvalue weighted by atomic mass is 9.98. The summed E-state index contributed by atoms with van der Waals surface area (Å²) in [4.78, 5) is 4.66. The van der Waals surface area contributed by atoms with Gasteiger partial charge in [0.05, 0.1) is 12.2 Å². The Morgan fingerprint density at radius 3 is 2.48 bits per heavy atom. The number of hydrogen-bond donors (Lipinski definition) is 2. The minimum Gasteiger partial charge on any atom is -0.384 e. The molecular weight excluding hydrogens is 362 g/mol. The highest BCUT2D eigenvalue weighted by Crippen LogP contribution is 2.30. The van der Waals surface area contributed by atoms with E-state index in [9.17, 15) is 0 Å². The van der Waals surface area contributed by atoms with Gasteiger partial charge in [0.2, 0.25) is 5.82 Å².